The average Bonchev–Trinajstić information content (AvgIpc) is 3.04. The number of ether oxygens (including phenoxy) is 1. The first-order valence-electron chi connectivity index (χ1n) is 8.85. The summed E-state index contributed by atoms with van der Waals surface area (Å²) in [6, 6.07) is 15.6. The Hall–Kier alpha value is -2.82. The molecule has 2 aromatic carbocycles. The molecular weight excluding hydrogens is 328 g/mol. The first-order chi connectivity index (χ1) is 12.6. The molecule has 0 radical (unpaired) electrons. The zero-order valence-electron chi connectivity index (χ0n) is 15.2. The maximum absolute atomic E-state index is 12.5. The molecule has 5 nitrogen and oxygen atoms in total. The van der Waals surface area contributed by atoms with Crippen molar-refractivity contribution in [1.29, 1.82) is 0 Å². The third-order valence-electron chi connectivity index (χ3n) is 4.75. The van der Waals surface area contributed by atoms with E-state index in [1.54, 1.807) is 12.0 Å². The molecule has 1 unspecified atom stereocenters. The van der Waals surface area contributed by atoms with Gasteiger partial charge in [0.05, 0.1) is 13.0 Å². The maximum atomic E-state index is 12.5. The predicted molar refractivity (Wildman–Crippen MR) is 101 cm³/mol. The van der Waals surface area contributed by atoms with Crippen molar-refractivity contribution >= 4 is 17.5 Å². The molecule has 26 heavy (non-hydrogen) atoms. The van der Waals surface area contributed by atoms with Gasteiger partial charge in [-0.2, -0.15) is 0 Å². The number of hydrogen-bond donors (Lipinski definition) is 1. The Labute approximate surface area is 154 Å². The number of nitrogens with one attached hydrogen (secondary N) is 1. The molecule has 0 spiro atoms. The molecule has 1 heterocycles. The van der Waals surface area contributed by atoms with Gasteiger partial charge in [0.1, 0.15) is 5.75 Å². The van der Waals surface area contributed by atoms with Gasteiger partial charge in [-0.15, -0.1) is 0 Å². The Morgan fingerprint density at radius 1 is 1.23 bits per heavy atom. The Bertz CT molecular complexity index is 803. The summed E-state index contributed by atoms with van der Waals surface area (Å²) in [5.74, 6) is 0.459. The van der Waals surface area contributed by atoms with Gasteiger partial charge in [0.2, 0.25) is 11.8 Å². The van der Waals surface area contributed by atoms with Crippen molar-refractivity contribution < 1.29 is 14.3 Å². The molecule has 1 aliphatic heterocycles. The molecule has 2 amide bonds. The van der Waals surface area contributed by atoms with E-state index in [2.05, 4.69) is 5.32 Å². The van der Waals surface area contributed by atoms with E-state index in [-0.39, 0.29) is 24.2 Å². The number of aryl methyl sites for hydroxylation is 1. The van der Waals surface area contributed by atoms with Crippen molar-refractivity contribution in [2.24, 2.45) is 5.92 Å². The van der Waals surface area contributed by atoms with E-state index >= 15 is 0 Å². The molecule has 5 heteroatoms. The average molecular weight is 352 g/mol. The number of anilines is 1. The number of amides is 2. The van der Waals surface area contributed by atoms with Crippen LogP contribution in [0.3, 0.4) is 0 Å². The van der Waals surface area contributed by atoms with E-state index in [9.17, 15) is 9.59 Å². The molecular formula is C21H24N2O3. The first-order valence-corrected chi connectivity index (χ1v) is 8.85. The summed E-state index contributed by atoms with van der Waals surface area (Å²) in [6.45, 7) is 2.96. The van der Waals surface area contributed by atoms with Gasteiger partial charge in [-0.3, -0.25) is 9.59 Å². The van der Waals surface area contributed by atoms with Crippen molar-refractivity contribution in [3.8, 4) is 5.75 Å². The van der Waals surface area contributed by atoms with Crippen LogP contribution < -0.4 is 15.0 Å². The molecule has 1 atom stereocenters. The maximum Gasteiger partial charge on any atom is 0.227 e. The molecule has 1 aliphatic rings. The summed E-state index contributed by atoms with van der Waals surface area (Å²) >= 11 is 0. The molecule has 0 bridgehead atoms. The van der Waals surface area contributed by atoms with Crippen LogP contribution in [-0.4, -0.2) is 32.0 Å². The van der Waals surface area contributed by atoms with Crippen LogP contribution in [0.2, 0.25) is 0 Å². The Morgan fingerprint density at radius 2 is 2.04 bits per heavy atom. The molecule has 0 aliphatic carbocycles. The van der Waals surface area contributed by atoms with E-state index < -0.39 is 0 Å². The summed E-state index contributed by atoms with van der Waals surface area (Å²) in [5.41, 5.74) is 3.04. The zero-order valence-corrected chi connectivity index (χ0v) is 15.2. The lowest BCUT2D eigenvalue weighted by molar-refractivity contribution is -0.126. The Balaban J connectivity index is 1.54. The second kappa shape index (κ2) is 8.04. The topological polar surface area (TPSA) is 58.6 Å². The number of hydrogen-bond acceptors (Lipinski definition) is 3. The summed E-state index contributed by atoms with van der Waals surface area (Å²) in [6.07, 6.45) is 0.991. The molecule has 3 rings (SSSR count). The Kier molecular flexibility index (Phi) is 5.56. The highest BCUT2D eigenvalue weighted by molar-refractivity contribution is 6.00. The third-order valence-corrected chi connectivity index (χ3v) is 4.75. The summed E-state index contributed by atoms with van der Waals surface area (Å²) in [4.78, 5) is 26.5. The van der Waals surface area contributed by atoms with E-state index in [4.69, 9.17) is 4.74 Å². The lowest BCUT2D eigenvalue weighted by Crippen LogP contribution is -2.34. The fourth-order valence-corrected chi connectivity index (χ4v) is 3.28. The van der Waals surface area contributed by atoms with Crippen LogP contribution in [0, 0.1) is 12.8 Å². The van der Waals surface area contributed by atoms with Gasteiger partial charge in [-0.25, -0.2) is 0 Å². The van der Waals surface area contributed by atoms with E-state index in [1.165, 1.54) is 0 Å². The van der Waals surface area contributed by atoms with Gasteiger partial charge < -0.3 is 15.0 Å². The standard InChI is InChI=1S/C21H24N2O3/c1-15-6-3-4-9-19(15)23-14-17(13-20(23)24)21(25)22-11-10-16-7-5-8-18(12-16)26-2/h3-9,12,17H,10-11,13-14H2,1-2H3,(H,22,25). The molecule has 2 aromatic rings. The number of carbonyl (C=O) groups excluding carboxylic acids is 2. The molecule has 0 saturated carbocycles. The van der Waals surface area contributed by atoms with Gasteiger partial charge >= 0.3 is 0 Å². The number of para-hydroxylation sites is 1. The minimum absolute atomic E-state index is 0.00671. The SMILES string of the molecule is COc1cccc(CCNC(=O)C2CC(=O)N(c3ccccc3C)C2)c1. The van der Waals surface area contributed by atoms with Crippen LogP contribution in [0.1, 0.15) is 17.5 Å². The van der Waals surface area contributed by atoms with E-state index in [0.29, 0.717) is 13.1 Å². The number of carbonyl (C=O) groups is 2. The highest BCUT2D eigenvalue weighted by atomic mass is 16.5. The van der Waals surface area contributed by atoms with E-state index in [0.717, 1.165) is 29.0 Å². The monoisotopic (exact) mass is 352 g/mol. The van der Waals surface area contributed by atoms with Gasteiger partial charge in [-0.1, -0.05) is 30.3 Å². The molecule has 1 N–H and O–H groups in total. The zero-order chi connectivity index (χ0) is 18.5. The van der Waals surface area contributed by atoms with Gasteiger partial charge in [0.25, 0.3) is 0 Å². The number of benzene rings is 2. The normalized spacial score (nSPS) is 16.6. The largest absolute Gasteiger partial charge is 0.497 e. The smallest absolute Gasteiger partial charge is 0.227 e. The number of nitrogens with zero attached hydrogens (tertiary/aromatic N) is 1. The van der Waals surface area contributed by atoms with Crippen LogP contribution in [-0.2, 0) is 16.0 Å². The van der Waals surface area contributed by atoms with Crippen LogP contribution in [0.4, 0.5) is 5.69 Å². The van der Waals surface area contributed by atoms with Gasteiger partial charge in [0.15, 0.2) is 0 Å². The lowest BCUT2D eigenvalue weighted by Gasteiger charge is -2.19. The van der Waals surface area contributed by atoms with Gasteiger partial charge in [-0.05, 0) is 42.7 Å². The van der Waals surface area contributed by atoms with E-state index in [1.807, 2.05) is 55.5 Å². The fraction of sp³-hybridized carbons (Fsp3) is 0.333. The first kappa shape index (κ1) is 18.0. The van der Waals surface area contributed by atoms with Crippen molar-refractivity contribution in [2.75, 3.05) is 25.1 Å². The third kappa shape index (κ3) is 4.04. The number of rotatable bonds is 6. The molecule has 0 aromatic heterocycles. The fourth-order valence-electron chi connectivity index (χ4n) is 3.28. The van der Waals surface area contributed by atoms with Crippen LogP contribution in [0.5, 0.6) is 5.75 Å². The second-order valence-electron chi connectivity index (χ2n) is 6.58. The van der Waals surface area contributed by atoms with Crippen LogP contribution in [0.15, 0.2) is 48.5 Å². The van der Waals surface area contributed by atoms with Crippen LogP contribution in [0.25, 0.3) is 0 Å². The quantitative estimate of drug-likeness (QED) is 0.870. The minimum atomic E-state index is -0.299. The molecule has 136 valence electrons. The van der Waals surface area contributed by atoms with Crippen molar-refractivity contribution in [3.05, 3.63) is 59.7 Å². The Morgan fingerprint density at radius 3 is 2.81 bits per heavy atom. The molecule has 1 fully saturated rings. The summed E-state index contributed by atoms with van der Waals surface area (Å²) < 4.78 is 5.21. The summed E-state index contributed by atoms with van der Waals surface area (Å²) in [5, 5.41) is 2.96. The number of methoxy groups -OCH3 is 1. The predicted octanol–water partition coefficient (Wildman–Crippen LogP) is 2.72. The highest BCUT2D eigenvalue weighted by Gasteiger charge is 2.35. The minimum Gasteiger partial charge on any atom is -0.497 e. The molecule has 1 saturated heterocycles. The van der Waals surface area contributed by atoms with Crippen LogP contribution >= 0.6 is 0 Å². The lowest BCUT2D eigenvalue weighted by atomic mass is 10.1. The van der Waals surface area contributed by atoms with Gasteiger partial charge in [0, 0.05) is 25.2 Å². The summed E-state index contributed by atoms with van der Waals surface area (Å²) in [7, 11) is 1.64. The van der Waals surface area contributed by atoms with Crippen molar-refractivity contribution in [3.63, 3.8) is 0 Å². The second-order valence-corrected chi connectivity index (χ2v) is 6.58. The van der Waals surface area contributed by atoms with Crippen molar-refractivity contribution in [1.82, 2.24) is 5.32 Å². The van der Waals surface area contributed by atoms with Crippen molar-refractivity contribution in [2.45, 2.75) is 19.8 Å². The highest BCUT2D eigenvalue weighted by Crippen LogP contribution is 2.27.